The van der Waals surface area contributed by atoms with E-state index in [0.717, 1.165) is 0 Å². The molecule has 0 aromatic carbocycles. The van der Waals surface area contributed by atoms with Crippen molar-refractivity contribution in [2.75, 3.05) is 6.26 Å². The molecule has 1 fully saturated rings. The maximum absolute atomic E-state index is 9.45. The molecule has 1 saturated heterocycles. The molecule has 1 rings (SSSR count). The largest absolute Gasteiger partial charge is 0.392 e. The molecular weight excluding hydrogens is 164 g/mol. The zero-order valence-electron chi connectivity index (χ0n) is 6.73. The van der Waals surface area contributed by atoms with Crippen LogP contribution in [-0.4, -0.2) is 40.2 Å². The molecule has 0 aromatic heterocycles. The summed E-state index contributed by atoms with van der Waals surface area (Å²) in [7, 11) is 0. The van der Waals surface area contributed by atoms with Gasteiger partial charge < -0.3 is 14.9 Å². The third-order valence-corrected chi connectivity index (χ3v) is 3.17. The zero-order valence-corrected chi connectivity index (χ0v) is 7.54. The molecular formula is C7H14O3S. The van der Waals surface area contributed by atoms with Crippen molar-refractivity contribution in [3.63, 3.8) is 0 Å². The Morgan fingerprint density at radius 2 is 2.09 bits per heavy atom. The smallest absolute Gasteiger partial charge is 0.157 e. The number of hydrogen-bond acceptors (Lipinski definition) is 4. The van der Waals surface area contributed by atoms with Gasteiger partial charge in [0, 0.05) is 6.42 Å². The molecule has 1 heterocycles. The molecule has 0 aromatic rings. The molecule has 4 heteroatoms. The first kappa shape index (κ1) is 9.32. The van der Waals surface area contributed by atoms with E-state index in [0.29, 0.717) is 6.42 Å². The van der Waals surface area contributed by atoms with Crippen LogP contribution < -0.4 is 0 Å². The number of aliphatic hydroxyl groups excluding tert-OH is 2. The van der Waals surface area contributed by atoms with Crippen LogP contribution in [0.25, 0.3) is 0 Å². The van der Waals surface area contributed by atoms with Crippen LogP contribution in [0.15, 0.2) is 0 Å². The van der Waals surface area contributed by atoms with Crippen LogP contribution in [-0.2, 0) is 4.74 Å². The Morgan fingerprint density at radius 1 is 1.45 bits per heavy atom. The van der Waals surface area contributed by atoms with Crippen molar-refractivity contribution in [1.29, 1.82) is 0 Å². The van der Waals surface area contributed by atoms with Gasteiger partial charge in [-0.25, -0.2) is 0 Å². The molecule has 0 bridgehead atoms. The van der Waals surface area contributed by atoms with Crippen molar-refractivity contribution in [3.05, 3.63) is 0 Å². The molecule has 11 heavy (non-hydrogen) atoms. The lowest BCUT2D eigenvalue weighted by molar-refractivity contribution is -0.179. The first-order chi connectivity index (χ1) is 5.15. The Hall–Kier alpha value is 0.230. The van der Waals surface area contributed by atoms with Gasteiger partial charge in [-0.1, -0.05) is 0 Å². The van der Waals surface area contributed by atoms with E-state index in [4.69, 9.17) is 9.84 Å². The second-order valence-electron chi connectivity index (χ2n) is 2.80. The van der Waals surface area contributed by atoms with Crippen LogP contribution in [0, 0.1) is 0 Å². The summed E-state index contributed by atoms with van der Waals surface area (Å²) in [4.78, 5) is 0. The average Bonchev–Trinajstić information content (AvgIpc) is 1.85. The normalized spacial score (nSPS) is 45.8. The zero-order chi connectivity index (χ0) is 8.43. The fourth-order valence-electron chi connectivity index (χ4n) is 1.38. The van der Waals surface area contributed by atoms with Gasteiger partial charge in [-0.2, -0.15) is 11.8 Å². The molecule has 0 spiro atoms. The quantitative estimate of drug-likeness (QED) is 0.602. The summed E-state index contributed by atoms with van der Waals surface area (Å²) in [6.07, 6.45) is 0.970. The Bertz CT molecular complexity index is 119. The summed E-state index contributed by atoms with van der Waals surface area (Å²) in [6.45, 7) is 1.87. The minimum atomic E-state index is -0.789. The topological polar surface area (TPSA) is 49.7 Å². The Morgan fingerprint density at radius 3 is 2.55 bits per heavy atom. The lowest BCUT2D eigenvalue weighted by atomic mass is 10.1. The van der Waals surface area contributed by atoms with Crippen LogP contribution in [0.1, 0.15) is 13.3 Å². The van der Waals surface area contributed by atoms with Crippen molar-refractivity contribution in [2.24, 2.45) is 0 Å². The van der Waals surface area contributed by atoms with E-state index in [-0.39, 0.29) is 11.4 Å². The molecule has 66 valence electrons. The summed E-state index contributed by atoms with van der Waals surface area (Å²) in [5.74, 6) is 0. The van der Waals surface area contributed by atoms with Crippen LogP contribution in [0.5, 0.6) is 0 Å². The van der Waals surface area contributed by atoms with Crippen molar-refractivity contribution >= 4 is 11.8 Å². The van der Waals surface area contributed by atoms with Crippen LogP contribution in [0.2, 0.25) is 0 Å². The van der Waals surface area contributed by atoms with E-state index >= 15 is 0 Å². The van der Waals surface area contributed by atoms with E-state index in [2.05, 4.69) is 0 Å². The van der Waals surface area contributed by atoms with E-state index in [1.807, 2.05) is 13.2 Å². The van der Waals surface area contributed by atoms with Crippen LogP contribution >= 0.6 is 11.8 Å². The van der Waals surface area contributed by atoms with Gasteiger partial charge in [0.05, 0.1) is 17.5 Å². The standard InChI is InChI=1S/C7H14O3S/c1-4-7(11-2)5(8)3-6(9)10-4/h4-9H,3H2,1-2H3/t4-,5+,6-,7-/m0/s1. The summed E-state index contributed by atoms with van der Waals surface area (Å²) in [5, 5.41) is 18.6. The van der Waals surface area contributed by atoms with Gasteiger partial charge in [-0.05, 0) is 13.2 Å². The molecule has 0 unspecified atom stereocenters. The molecule has 4 atom stereocenters. The van der Waals surface area contributed by atoms with Crippen LogP contribution in [0.3, 0.4) is 0 Å². The summed E-state index contributed by atoms with van der Waals surface area (Å²) >= 11 is 1.58. The maximum Gasteiger partial charge on any atom is 0.157 e. The predicted octanol–water partition coefficient (Wildman–Crippen LogP) is 0.206. The van der Waals surface area contributed by atoms with Gasteiger partial charge >= 0.3 is 0 Å². The minimum absolute atomic E-state index is 0.0660. The fourth-order valence-corrected chi connectivity index (χ4v) is 2.26. The minimum Gasteiger partial charge on any atom is -0.392 e. The number of hydrogen-bond donors (Lipinski definition) is 2. The Labute approximate surface area is 70.7 Å². The average molecular weight is 178 g/mol. The highest BCUT2D eigenvalue weighted by Crippen LogP contribution is 2.26. The molecule has 1 aliphatic heterocycles. The lowest BCUT2D eigenvalue weighted by Crippen LogP contribution is -2.44. The van der Waals surface area contributed by atoms with Gasteiger partial charge in [0.1, 0.15) is 0 Å². The van der Waals surface area contributed by atoms with Crippen molar-refractivity contribution in [2.45, 2.75) is 37.1 Å². The fraction of sp³-hybridized carbons (Fsp3) is 1.00. The van der Waals surface area contributed by atoms with Crippen molar-refractivity contribution < 1.29 is 14.9 Å². The van der Waals surface area contributed by atoms with E-state index in [1.165, 1.54) is 0 Å². The van der Waals surface area contributed by atoms with Gasteiger partial charge in [0.2, 0.25) is 0 Å². The number of aliphatic hydroxyl groups is 2. The van der Waals surface area contributed by atoms with Gasteiger partial charge in [-0.15, -0.1) is 0 Å². The Kier molecular flexibility index (Phi) is 3.18. The SMILES string of the molecule is CS[C@@H]1[C@H](O)C[C@@H](O)O[C@H]1C. The van der Waals surface area contributed by atoms with E-state index < -0.39 is 12.4 Å². The highest BCUT2D eigenvalue weighted by Gasteiger charge is 2.33. The third kappa shape index (κ3) is 2.08. The molecule has 0 radical (unpaired) electrons. The molecule has 0 aliphatic carbocycles. The monoisotopic (exact) mass is 178 g/mol. The summed E-state index contributed by atoms with van der Waals surface area (Å²) < 4.78 is 5.13. The van der Waals surface area contributed by atoms with Gasteiger partial charge in [0.25, 0.3) is 0 Å². The second kappa shape index (κ2) is 3.76. The third-order valence-electron chi connectivity index (χ3n) is 1.93. The first-order valence-electron chi connectivity index (χ1n) is 3.69. The number of thioether (sulfide) groups is 1. The van der Waals surface area contributed by atoms with Crippen LogP contribution in [0.4, 0.5) is 0 Å². The van der Waals surface area contributed by atoms with E-state index in [9.17, 15) is 5.11 Å². The number of ether oxygens (including phenoxy) is 1. The number of rotatable bonds is 1. The first-order valence-corrected chi connectivity index (χ1v) is 4.98. The Balaban J connectivity index is 2.52. The molecule has 1 aliphatic rings. The molecule has 2 N–H and O–H groups in total. The summed E-state index contributed by atoms with van der Waals surface area (Å²) in [5.41, 5.74) is 0. The van der Waals surface area contributed by atoms with E-state index in [1.54, 1.807) is 11.8 Å². The molecule has 3 nitrogen and oxygen atoms in total. The summed E-state index contributed by atoms with van der Waals surface area (Å²) in [6, 6.07) is 0. The van der Waals surface area contributed by atoms with Crippen molar-refractivity contribution in [3.8, 4) is 0 Å². The van der Waals surface area contributed by atoms with Gasteiger partial charge in [-0.3, -0.25) is 0 Å². The molecule has 0 saturated carbocycles. The van der Waals surface area contributed by atoms with Gasteiger partial charge in [0.15, 0.2) is 6.29 Å². The maximum atomic E-state index is 9.45. The molecule has 0 amide bonds. The lowest BCUT2D eigenvalue weighted by Gasteiger charge is -2.35. The van der Waals surface area contributed by atoms with Crippen molar-refractivity contribution in [1.82, 2.24) is 0 Å². The highest BCUT2D eigenvalue weighted by atomic mass is 32.2. The second-order valence-corrected chi connectivity index (χ2v) is 3.81. The highest BCUT2D eigenvalue weighted by molar-refractivity contribution is 7.99. The predicted molar refractivity (Wildman–Crippen MR) is 44.5 cm³/mol.